The molecule has 1 aromatic carbocycles. The van der Waals surface area contributed by atoms with E-state index in [-0.39, 0.29) is 30.4 Å². The number of rotatable bonds is 7. The van der Waals surface area contributed by atoms with Gasteiger partial charge in [0.2, 0.25) is 5.91 Å². The largest absolute Gasteiger partial charge is 0.395 e. The number of nitrogens with one attached hydrogen (secondary N) is 1. The van der Waals surface area contributed by atoms with Crippen LogP contribution in [-0.2, 0) is 4.79 Å². The Morgan fingerprint density at radius 2 is 2.15 bits per heavy atom. The maximum atomic E-state index is 12.8. The van der Waals surface area contributed by atoms with E-state index in [0.717, 1.165) is 17.0 Å². The molecule has 1 amide bonds. The molecule has 8 heteroatoms. The van der Waals surface area contributed by atoms with Crippen molar-refractivity contribution in [1.82, 2.24) is 4.90 Å². The summed E-state index contributed by atoms with van der Waals surface area (Å²) in [5.41, 5.74) is 0.194. The van der Waals surface area contributed by atoms with Gasteiger partial charge in [0.25, 0.3) is 6.43 Å². The fraction of sp³-hybridized carbons (Fsp3) is 0.417. The fourth-order valence-corrected chi connectivity index (χ4v) is 1.77. The predicted molar refractivity (Wildman–Crippen MR) is 69.6 cm³/mol. The highest BCUT2D eigenvalue weighted by Gasteiger charge is 2.16. The van der Waals surface area contributed by atoms with Crippen molar-refractivity contribution in [2.45, 2.75) is 6.43 Å². The molecular formula is C12H14ClF3N2O2. The first-order valence-corrected chi connectivity index (χ1v) is 6.16. The van der Waals surface area contributed by atoms with Gasteiger partial charge in [-0.05, 0) is 18.2 Å². The number of carbonyl (C=O) groups is 1. The first-order valence-electron chi connectivity index (χ1n) is 5.78. The Balaban J connectivity index is 2.60. The van der Waals surface area contributed by atoms with Crippen molar-refractivity contribution in [3.8, 4) is 0 Å². The number of aliphatic hydroxyl groups is 1. The molecule has 0 aliphatic heterocycles. The molecule has 0 unspecified atom stereocenters. The number of amides is 1. The van der Waals surface area contributed by atoms with Crippen LogP contribution >= 0.6 is 11.6 Å². The van der Waals surface area contributed by atoms with E-state index in [4.69, 9.17) is 16.7 Å². The van der Waals surface area contributed by atoms with Gasteiger partial charge in [-0.15, -0.1) is 0 Å². The highest BCUT2D eigenvalue weighted by molar-refractivity contribution is 6.33. The molecule has 0 radical (unpaired) electrons. The summed E-state index contributed by atoms with van der Waals surface area (Å²) in [7, 11) is 0. The van der Waals surface area contributed by atoms with Crippen molar-refractivity contribution in [1.29, 1.82) is 0 Å². The first-order chi connectivity index (χ1) is 9.42. The van der Waals surface area contributed by atoms with Crippen molar-refractivity contribution in [3.05, 3.63) is 29.0 Å². The van der Waals surface area contributed by atoms with Gasteiger partial charge in [-0.25, -0.2) is 13.2 Å². The minimum atomic E-state index is -2.61. The summed E-state index contributed by atoms with van der Waals surface area (Å²) in [6, 6.07) is 3.42. The van der Waals surface area contributed by atoms with Crippen LogP contribution in [0, 0.1) is 5.82 Å². The van der Waals surface area contributed by atoms with Gasteiger partial charge < -0.3 is 10.4 Å². The smallest absolute Gasteiger partial charge is 0.251 e. The van der Waals surface area contributed by atoms with Crippen molar-refractivity contribution in [2.24, 2.45) is 0 Å². The van der Waals surface area contributed by atoms with Crippen LogP contribution in [0.15, 0.2) is 18.2 Å². The van der Waals surface area contributed by atoms with E-state index in [1.165, 1.54) is 6.07 Å². The summed E-state index contributed by atoms with van der Waals surface area (Å²) in [6.45, 7) is -1.32. The van der Waals surface area contributed by atoms with E-state index < -0.39 is 24.7 Å². The van der Waals surface area contributed by atoms with Crippen molar-refractivity contribution < 1.29 is 23.1 Å². The lowest BCUT2D eigenvalue weighted by atomic mass is 10.3. The minimum Gasteiger partial charge on any atom is -0.395 e. The van der Waals surface area contributed by atoms with Gasteiger partial charge in [-0.3, -0.25) is 9.69 Å². The molecule has 0 heterocycles. The number of halogens is 4. The second-order valence-electron chi connectivity index (χ2n) is 4.02. The van der Waals surface area contributed by atoms with Gasteiger partial charge in [0.15, 0.2) is 0 Å². The lowest BCUT2D eigenvalue weighted by Gasteiger charge is -2.20. The quantitative estimate of drug-likeness (QED) is 0.809. The zero-order valence-corrected chi connectivity index (χ0v) is 11.2. The third-order valence-corrected chi connectivity index (χ3v) is 2.70. The molecule has 0 aromatic heterocycles. The van der Waals surface area contributed by atoms with Crippen LogP contribution in [0.25, 0.3) is 0 Å². The zero-order valence-electron chi connectivity index (χ0n) is 10.5. The van der Waals surface area contributed by atoms with Gasteiger partial charge in [0.05, 0.1) is 30.4 Å². The molecule has 0 aliphatic carbocycles. The van der Waals surface area contributed by atoms with Crippen molar-refractivity contribution >= 4 is 23.2 Å². The lowest BCUT2D eigenvalue weighted by molar-refractivity contribution is -0.117. The average molecular weight is 311 g/mol. The molecule has 0 spiro atoms. The second kappa shape index (κ2) is 8.08. The van der Waals surface area contributed by atoms with Gasteiger partial charge in [0.1, 0.15) is 5.82 Å². The van der Waals surface area contributed by atoms with E-state index in [1.807, 2.05) is 0 Å². The van der Waals surface area contributed by atoms with Gasteiger partial charge in [-0.1, -0.05) is 11.6 Å². The molecule has 2 N–H and O–H groups in total. The molecule has 0 saturated carbocycles. The lowest BCUT2D eigenvalue weighted by Crippen LogP contribution is -2.38. The molecule has 0 saturated heterocycles. The van der Waals surface area contributed by atoms with Crippen LogP contribution in [-0.4, -0.2) is 48.6 Å². The average Bonchev–Trinajstić information content (AvgIpc) is 2.32. The summed E-state index contributed by atoms with van der Waals surface area (Å²) in [5, 5.41) is 11.2. The third kappa shape index (κ3) is 5.77. The van der Waals surface area contributed by atoms with Gasteiger partial charge >= 0.3 is 0 Å². The van der Waals surface area contributed by atoms with Crippen LogP contribution < -0.4 is 5.32 Å². The predicted octanol–water partition coefficient (Wildman–Crippen LogP) is 1.98. The summed E-state index contributed by atoms with van der Waals surface area (Å²) in [5.74, 6) is -1.12. The number of nitrogens with zero attached hydrogens (tertiary/aromatic N) is 1. The molecule has 1 aromatic rings. The fourth-order valence-electron chi connectivity index (χ4n) is 1.56. The Morgan fingerprint density at radius 3 is 2.70 bits per heavy atom. The normalized spacial score (nSPS) is 11.2. The Morgan fingerprint density at radius 1 is 1.45 bits per heavy atom. The van der Waals surface area contributed by atoms with Crippen molar-refractivity contribution in [3.63, 3.8) is 0 Å². The number of anilines is 1. The summed E-state index contributed by atoms with van der Waals surface area (Å²) in [4.78, 5) is 12.8. The van der Waals surface area contributed by atoms with E-state index in [0.29, 0.717) is 0 Å². The Bertz CT molecular complexity index is 460. The maximum Gasteiger partial charge on any atom is 0.251 e. The molecule has 0 fully saturated rings. The SMILES string of the molecule is O=C(CN(CCO)CC(F)F)Nc1ccc(F)cc1Cl. The summed E-state index contributed by atoms with van der Waals surface area (Å²) < 4.78 is 37.4. The maximum absolute atomic E-state index is 12.8. The molecule has 1 rings (SSSR count). The van der Waals surface area contributed by atoms with Crippen LogP contribution in [0.2, 0.25) is 5.02 Å². The topological polar surface area (TPSA) is 52.6 Å². The second-order valence-corrected chi connectivity index (χ2v) is 4.43. The number of aliphatic hydroxyl groups excluding tert-OH is 1. The minimum absolute atomic E-state index is 0.0147. The monoisotopic (exact) mass is 310 g/mol. The highest BCUT2D eigenvalue weighted by atomic mass is 35.5. The molecule has 112 valence electrons. The molecule has 4 nitrogen and oxygen atoms in total. The zero-order chi connectivity index (χ0) is 15.1. The highest BCUT2D eigenvalue weighted by Crippen LogP contribution is 2.22. The van der Waals surface area contributed by atoms with E-state index in [2.05, 4.69) is 5.32 Å². The Labute approximate surface area is 119 Å². The molecular weight excluding hydrogens is 297 g/mol. The molecule has 0 atom stereocenters. The number of benzene rings is 1. The van der Waals surface area contributed by atoms with E-state index in [1.54, 1.807) is 0 Å². The van der Waals surface area contributed by atoms with E-state index >= 15 is 0 Å². The van der Waals surface area contributed by atoms with Crippen LogP contribution in [0.1, 0.15) is 0 Å². The number of hydrogen-bond donors (Lipinski definition) is 2. The van der Waals surface area contributed by atoms with Crippen LogP contribution in [0.3, 0.4) is 0 Å². The first kappa shape index (κ1) is 16.7. The Kier molecular flexibility index (Phi) is 6.77. The standard InChI is InChI=1S/C12H14ClF3N2O2/c13-9-5-8(14)1-2-10(9)17-12(20)7-18(3-4-19)6-11(15)16/h1-2,5,11,19H,3-4,6-7H2,(H,17,20). The summed E-state index contributed by atoms with van der Waals surface area (Å²) in [6.07, 6.45) is -2.61. The molecule has 0 aliphatic rings. The van der Waals surface area contributed by atoms with Crippen LogP contribution in [0.4, 0.5) is 18.9 Å². The molecule has 20 heavy (non-hydrogen) atoms. The summed E-state index contributed by atoms with van der Waals surface area (Å²) >= 11 is 5.73. The van der Waals surface area contributed by atoms with Gasteiger partial charge in [0, 0.05) is 6.54 Å². The van der Waals surface area contributed by atoms with E-state index in [9.17, 15) is 18.0 Å². The van der Waals surface area contributed by atoms with Crippen LogP contribution in [0.5, 0.6) is 0 Å². The Hall–Kier alpha value is -1.31. The van der Waals surface area contributed by atoms with Gasteiger partial charge in [-0.2, -0.15) is 0 Å². The third-order valence-electron chi connectivity index (χ3n) is 2.38. The number of alkyl halides is 2. The number of hydrogen-bond acceptors (Lipinski definition) is 3. The molecule has 0 bridgehead atoms. The number of carbonyl (C=O) groups excluding carboxylic acids is 1. The van der Waals surface area contributed by atoms with Crippen molar-refractivity contribution in [2.75, 3.05) is 31.6 Å².